The zero-order valence-corrected chi connectivity index (χ0v) is 12.0. The molecule has 4 nitrogen and oxygen atoms in total. The van der Waals surface area contributed by atoms with Crippen molar-refractivity contribution in [1.82, 2.24) is 10.2 Å². The lowest BCUT2D eigenvalue weighted by Crippen LogP contribution is -2.44. The lowest BCUT2D eigenvalue weighted by molar-refractivity contribution is -0.133. The molecule has 2 aliphatic rings. The van der Waals surface area contributed by atoms with Gasteiger partial charge in [-0.05, 0) is 18.8 Å². The van der Waals surface area contributed by atoms with E-state index in [1.54, 1.807) is 0 Å². The molecule has 2 fully saturated rings. The Morgan fingerprint density at radius 2 is 1.95 bits per heavy atom. The van der Waals surface area contributed by atoms with Gasteiger partial charge in [-0.3, -0.25) is 9.59 Å². The Balaban J connectivity index is 1.86. The van der Waals surface area contributed by atoms with Gasteiger partial charge in [0, 0.05) is 19.5 Å². The van der Waals surface area contributed by atoms with E-state index in [2.05, 4.69) is 5.32 Å². The molecule has 0 aromatic heterocycles. The Bertz CT molecular complexity index is 324. The van der Waals surface area contributed by atoms with Crippen molar-refractivity contribution in [3.8, 4) is 0 Å². The average Bonchev–Trinajstić information content (AvgIpc) is 2.58. The van der Waals surface area contributed by atoms with Crippen LogP contribution in [-0.2, 0) is 9.59 Å². The third-order valence-electron chi connectivity index (χ3n) is 4.49. The number of hydrogen-bond acceptors (Lipinski definition) is 2. The van der Waals surface area contributed by atoms with Gasteiger partial charge in [-0.2, -0.15) is 0 Å². The summed E-state index contributed by atoms with van der Waals surface area (Å²) >= 11 is 0. The number of hydrogen-bond donors (Lipinski definition) is 1. The van der Waals surface area contributed by atoms with E-state index < -0.39 is 0 Å². The zero-order chi connectivity index (χ0) is 13.7. The minimum atomic E-state index is -0.304. The van der Waals surface area contributed by atoms with Crippen molar-refractivity contribution in [2.45, 2.75) is 64.3 Å². The fourth-order valence-corrected chi connectivity index (χ4v) is 3.21. The molecule has 1 saturated heterocycles. The second-order valence-corrected chi connectivity index (χ2v) is 5.90. The SMILES string of the molecule is CCC1NC(=O)CCN(CCC2CCCCC2)C1=O. The smallest absolute Gasteiger partial charge is 0.245 e. The van der Waals surface area contributed by atoms with Gasteiger partial charge in [0.2, 0.25) is 11.8 Å². The largest absolute Gasteiger partial charge is 0.344 e. The zero-order valence-electron chi connectivity index (χ0n) is 12.0. The Hall–Kier alpha value is -1.06. The second-order valence-electron chi connectivity index (χ2n) is 5.90. The molecule has 1 atom stereocenters. The first-order valence-corrected chi connectivity index (χ1v) is 7.79. The monoisotopic (exact) mass is 266 g/mol. The average molecular weight is 266 g/mol. The fraction of sp³-hybridized carbons (Fsp3) is 0.867. The van der Waals surface area contributed by atoms with Gasteiger partial charge in [-0.25, -0.2) is 0 Å². The highest BCUT2D eigenvalue weighted by Crippen LogP contribution is 2.26. The molecular formula is C15H26N2O2. The van der Waals surface area contributed by atoms with E-state index in [0.717, 1.165) is 18.9 Å². The maximum absolute atomic E-state index is 12.3. The van der Waals surface area contributed by atoms with Crippen LogP contribution in [0.2, 0.25) is 0 Å². The van der Waals surface area contributed by atoms with Gasteiger partial charge in [0.25, 0.3) is 0 Å². The van der Waals surface area contributed by atoms with Crippen molar-refractivity contribution in [1.29, 1.82) is 0 Å². The number of nitrogens with one attached hydrogen (secondary N) is 1. The summed E-state index contributed by atoms with van der Waals surface area (Å²) in [5, 5.41) is 2.82. The van der Waals surface area contributed by atoms with Crippen LogP contribution in [0.3, 0.4) is 0 Å². The van der Waals surface area contributed by atoms with Crippen LogP contribution in [0.5, 0.6) is 0 Å². The van der Waals surface area contributed by atoms with Crippen molar-refractivity contribution in [3.63, 3.8) is 0 Å². The van der Waals surface area contributed by atoms with E-state index in [9.17, 15) is 9.59 Å². The van der Waals surface area contributed by atoms with Gasteiger partial charge in [-0.15, -0.1) is 0 Å². The van der Waals surface area contributed by atoms with E-state index in [-0.39, 0.29) is 17.9 Å². The highest BCUT2D eigenvalue weighted by Gasteiger charge is 2.28. The predicted octanol–water partition coefficient (Wildman–Crippen LogP) is 2.08. The molecule has 1 saturated carbocycles. The van der Waals surface area contributed by atoms with E-state index >= 15 is 0 Å². The molecule has 4 heteroatoms. The summed E-state index contributed by atoms with van der Waals surface area (Å²) in [4.78, 5) is 25.8. The first-order valence-electron chi connectivity index (χ1n) is 7.79. The highest BCUT2D eigenvalue weighted by atomic mass is 16.2. The van der Waals surface area contributed by atoms with Crippen molar-refractivity contribution in [2.24, 2.45) is 5.92 Å². The van der Waals surface area contributed by atoms with Crippen molar-refractivity contribution in [3.05, 3.63) is 0 Å². The van der Waals surface area contributed by atoms with Crippen LogP contribution >= 0.6 is 0 Å². The quantitative estimate of drug-likeness (QED) is 0.847. The highest BCUT2D eigenvalue weighted by molar-refractivity contribution is 5.89. The first kappa shape index (κ1) is 14.4. The third kappa shape index (κ3) is 3.95. The summed E-state index contributed by atoms with van der Waals surface area (Å²) in [6.07, 6.45) is 8.93. The lowest BCUT2D eigenvalue weighted by Gasteiger charge is -2.27. The summed E-state index contributed by atoms with van der Waals surface area (Å²) in [6.45, 7) is 3.37. The molecule has 2 amide bonds. The molecule has 1 aliphatic carbocycles. The molecule has 1 unspecified atom stereocenters. The van der Waals surface area contributed by atoms with Crippen molar-refractivity contribution >= 4 is 11.8 Å². The summed E-state index contributed by atoms with van der Waals surface area (Å²) < 4.78 is 0. The van der Waals surface area contributed by atoms with Crippen molar-refractivity contribution < 1.29 is 9.59 Å². The molecule has 0 radical (unpaired) electrons. The van der Waals surface area contributed by atoms with Gasteiger partial charge < -0.3 is 10.2 Å². The van der Waals surface area contributed by atoms with Gasteiger partial charge in [0.05, 0.1) is 0 Å². The van der Waals surface area contributed by atoms with Crippen LogP contribution in [0.4, 0.5) is 0 Å². The van der Waals surface area contributed by atoms with E-state index in [4.69, 9.17) is 0 Å². The summed E-state index contributed by atoms with van der Waals surface area (Å²) in [5.41, 5.74) is 0. The fourth-order valence-electron chi connectivity index (χ4n) is 3.21. The molecule has 0 spiro atoms. The molecule has 0 aromatic rings. The van der Waals surface area contributed by atoms with Crippen LogP contribution in [0, 0.1) is 5.92 Å². The van der Waals surface area contributed by atoms with Crippen LogP contribution in [-0.4, -0.2) is 35.8 Å². The summed E-state index contributed by atoms with van der Waals surface area (Å²) in [6, 6.07) is -0.304. The molecule has 2 rings (SSSR count). The van der Waals surface area contributed by atoms with Gasteiger partial charge in [0.1, 0.15) is 6.04 Å². The number of rotatable bonds is 4. The van der Waals surface area contributed by atoms with E-state index in [0.29, 0.717) is 19.4 Å². The Labute approximate surface area is 115 Å². The molecule has 1 aliphatic heterocycles. The standard InChI is InChI=1S/C15H26N2O2/c1-2-13-15(19)17(11-9-14(18)16-13)10-8-12-6-4-3-5-7-12/h12-13H,2-11H2,1H3,(H,16,18). The maximum Gasteiger partial charge on any atom is 0.245 e. The summed E-state index contributed by atoms with van der Waals surface area (Å²) in [5.74, 6) is 0.915. The van der Waals surface area contributed by atoms with Gasteiger partial charge in [0.15, 0.2) is 0 Å². The van der Waals surface area contributed by atoms with Gasteiger partial charge in [-0.1, -0.05) is 39.0 Å². The lowest BCUT2D eigenvalue weighted by atomic mass is 9.87. The molecule has 19 heavy (non-hydrogen) atoms. The number of carbonyl (C=O) groups is 2. The molecule has 0 aromatic carbocycles. The van der Waals surface area contributed by atoms with E-state index in [1.807, 2.05) is 11.8 Å². The number of nitrogens with zero attached hydrogens (tertiary/aromatic N) is 1. The van der Waals surface area contributed by atoms with Crippen LogP contribution in [0.1, 0.15) is 58.3 Å². The van der Waals surface area contributed by atoms with Crippen LogP contribution < -0.4 is 5.32 Å². The van der Waals surface area contributed by atoms with E-state index in [1.165, 1.54) is 32.1 Å². The second kappa shape index (κ2) is 6.92. The topological polar surface area (TPSA) is 49.4 Å². The Morgan fingerprint density at radius 1 is 1.21 bits per heavy atom. The first-order chi connectivity index (χ1) is 9.20. The maximum atomic E-state index is 12.3. The molecule has 0 bridgehead atoms. The summed E-state index contributed by atoms with van der Waals surface area (Å²) in [7, 11) is 0. The van der Waals surface area contributed by atoms with Gasteiger partial charge >= 0.3 is 0 Å². The minimum absolute atomic E-state index is 0.0142. The minimum Gasteiger partial charge on any atom is -0.344 e. The Kier molecular flexibility index (Phi) is 5.23. The van der Waals surface area contributed by atoms with Crippen LogP contribution in [0.15, 0.2) is 0 Å². The molecule has 1 heterocycles. The molecular weight excluding hydrogens is 240 g/mol. The normalized spacial score (nSPS) is 26.2. The van der Waals surface area contributed by atoms with Crippen LogP contribution in [0.25, 0.3) is 0 Å². The molecule has 108 valence electrons. The Morgan fingerprint density at radius 3 is 2.63 bits per heavy atom. The van der Waals surface area contributed by atoms with Crippen molar-refractivity contribution in [2.75, 3.05) is 13.1 Å². The predicted molar refractivity (Wildman–Crippen MR) is 74.6 cm³/mol. The third-order valence-corrected chi connectivity index (χ3v) is 4.49. The number of carbonyl (C=O) groups excluding carboxylic acids is 2. The molecule has 1 N–H and O–H groups in total. The number of amides is 2.